The number of thiazole rings is 1. The smallest absolute Gasteiger partial charge is 0.311 e. The lowest BCUT2D eigenvalue weighted by Gasteiger charge is -2.47. The molecule has 2 heterocycles. The van der Waals surface area contributed by atoms with Crippen LogP contribution in [0.4, 0.5) is 5.69 Å². The monoisotopic (exact) mass is 1160 g/mol. The Hall–Kier alpha value is -5.88. The number of carboxylic acid groups (broad SMARTS) is 1. The van der Waals surface area contributed by atoms with Crippen LogP contribution in [0, 0.1) is 17.3 Å². The molecule has 1 fully saturated rings. The second-order valence-electron chi connectivity index (χ2n) is 24.5. The van der Waals surface area contributed by atoms with Crippen LogP contribution in [0.15, 0.2) is 41.8 Å². The maximum Gasteiger partial charge on any atom is 0.311 e. The van der Waals surface area contributed by atoms with Crippen LogP contribution in [0.5, 0.6) is 11.5 Å². The number of phenolic OH excluding ortho intramolecular Hbond substituents is 2. The Morgan fingerprint density at radius 3 is 2.28 bits per heavy atom. The van der Waals surface area contributed by atoms with Gasteiger partial charge in [0, 0.05) is 48.5 Å². The summed E-state index contributed by atoms with van der Waals surface area (Å²) in [4.78, 5) is 105. The number of carbonyl (C=O) groups is 7. The van der Waals surface area contributed by atoms with Gasteiger partial charge in [0.1, 0.15) is 35.1 Å². The average molecular weight is 1160 g/mol. The van der Waals surface area contributed by atoms with E-state index >= 15 is 4.79 Å². The lowest BCUT2D eigenvalue weighted by atomic mass is 9.70. The lowest BCUT2D eigenvalue weighted by molar-refractivity contribution is -0.147. The summed E-state index contributed by atoms with van der Waals surface area (Å²) in [5, 5.41) is 44.8. The molecule has 7 N–H and O–H groups in total. The topological polar surface area (TPSA) is 248 Å². The standard InChI is InChI=1S/C64H97N7O10S/c1-12-15-19-25-51(67-55(75)26-21-18-16-17-20-24-44-35-48(73)29-30-54(44)74)57(76)65-46-28-27-43-34-47(38-50(61(79)80)49(43)37-46)66-58(77)52-39-82-59(68-52)45(33-42(8)72)36-53(40(4)5)71(14-3)60(78)56(63(9,13-2)41(6)7)69-62(81)64(10)31-22-23-32-70(64)11/h27-30,35,37,39-41,45,47,50-51,53,56,73-74H,12-26,31-34,36,38H2,1-11H3,(H,65,76)(H,66,77)(H,67,75)(H,69,81)(H,79,80). The number of hydrogen-bond donors (Lipinski definition) is 7. The number of aryl methyl sites for hydroxylation is 1. The maximum absolute atomic E-state index is 15.2. The number of aliphatic carboxylic acids is 1. The molecule has 1 aliphatic heterocycles. The van der Waals surface area contributed by atoms with Gasteiger partial charge >= 0.3 is 5.97 Å². The summed E-state index contributed by atoms with van der Waals surface area (Å²) in [5.74, 6) is -3.62. The van der Waals surface area contributed by atoms with Crippen molar-refractivity contribution in [2.75, 3.05) is 25.5 Å². The van der Waals surface area contributed by atoms with E-state index in [0.29, 0.717) is 78.9 Å². The van der Waals surface area contributed by atoms with Gasteiger partial charge in [-0.3, -0.25) is 33.7 Å². The Balaban J connectivity index is 1.24. The Bertz CT molecular complexity index is 2660. The van der Waals surface area contributed by atoms with Crippen molar-refractivity contribution in [3.63, 3.8) is 0 Å². The Kier molecular flexibility index (Phi) is 25.4. The van der Waals surface area contributed by atoms with E-state index in [1.165, 1.54) is 30.4 Å². The molecule has 0 radical (unpaired) electrons. The van der Waals surface area contributed by atoms with Crippen LogP contribution in [-0.2, 0) is 41.6 Å². The van der Waals surface area contributed by atoms with Gasteiger partial charge in [0.25, 0.3) is 5.91 Å². The van der Waals surface area contributed by atoms with Crippen LogP contribution in [0.25, 0.3) is 0 Å². The summed E-state index contributed by atoms with van der Waals surface area (Å²) in [6.07, 6.45) is 12.3. The number of aromatic hydroxyl groups is 2. The Morgan fingerprint density at radius 1 is 0.915 bits per heavy atom. The zero-order chi connectivity index (χ0) is 60.5. The molecule has 1 saturated heterocycles. The predicted molar refractivity (Wildman–Crippen MR) is 323 cm³/mol. The molecule has 8 unspecified atom stereocenters. The van der Waals surface area contributed by atoms with E-state index in [1.54, 1.807) is 29.6 Å². The fraction of sp³-hybridized carbons (Fsp3) is 0.656. The fourth-order valence-electron chi connectivity index (χ4n) is 12.1. The number of phenols is 2. The SMILES string of the molecule is CCCCCC(NC(=O)CCCCCCCc1cc(O)ccc1O)C(=O)Nc1ccc2c(c1)C(C(=O)O)CC(NC(=O)c1csc(C(CC(C)=O)CC(C(C)C)N(CC)C(=O)C(NC(=O)C3(C)CCCCN3C)C(C)(CC)C(C)C)n1)C2. The van der Waals surface area contributed by atoms with Crippen LogP contribution >= 0.6 is 11.3 Å². The number of rotatable bonds is 32. The van der Waals surface area contributed by atoms with Gasteiger partial charge in [-0.05, 0) is 169 Å². The normalized spacial score (nSPS) is 19.5. The molecule has 5 rings (SSSR count). The highest BCUT2D eigenvalue weighted by Crippen LogP contribution is 2.40. The number of carboxylic acids is 1. The van der Waals surface area contributed by atoms with Crippen LogP contribution in [-0.4, -0.2) is 121 Å². The van der Waals surface area contributed by atoms with E-state index in [-0.39, 0.29) is 83.7 Å². The van der Waals surface area contributed by atoms with E-state index in [1.807, 2.05) is 25.8 Å². The third kappa shape index (κ3) is 17.8. The van der Waals surface area contributed by atoms with E-state index < -0.39 is 52.8 Å². The lowest BCUT2D eigenvalue weighted by Crippen LogP contribution is -2.65. The molecule has 3 aromatic rings. The minimum absolute atomic E-state index is 0.0406. The minimum atomic E-state index is -1.07. The molecule has 0 saturated carbocycles. The number of anilines is 1. The molecule has 0 bridgehead atoms. The van der Waals surface area contributed by atoms with Crippen molar-refractivity contribution in [3.8, 4) is 11.5 Å². The van der Waals surface area contributed by atoms with E-state index in [9.17, 15) is 44.1 Å². The summed E-state index contributed by atoms with van der Waals surface area (Å²) >= 11 is 1.28. The molecule has 0 spiro atoms. The first kappa shape index (κ1) is 66.9. The molecule has 454 valence electrons. The van der Waals surface area contributed by atoms with E-state index in [0.717, 1.165) is 64.3 Å². The van der Waals surface area contributed by atoms with Gasteiger partial charge in [-0.15, -0.1) is 11.3 Å². The van der Waals surface area contributed by atoms with Gasteiger partial charge in [-0.25, -0.2) is 4.98 Å². The summed E-state index contributed by atoms with van der Waals surface area (Å²) in [5.41, 5.74) is 1.19. The predicted octanol–water partition coefficient (Wildman–Crippen LogP) is 10.8. The number of hydrogen-bond acceptors (Lipinski definition) is 12. The third-order valence-corrected chi connectivity index (χ3v) is 19.0. The van der Waals surface area contributed by atoms with Gasteiger partial charge in [0.15, 0.2) is 0 Å². The first-order valence-corrected chi connectivity index (χ1v) is 31.3. The highest BCUT2D eigenvalue weighted by molar-refractivity contribution is 7.10. The second kappa shape index (κ2) is 31.1. The van der Waals surface area contributed by atoms with Crippen molar-refractivity contribution in [1.29, 1.82) is 0 Å². The fourth-order valence-corrected chi connectivity index (χ4v) is 13.0. The summed E-state index contributed by atoms with van der Waals surface area (Å²) in [6, 6.07) is 7.19. The van der Waals surface area contributed by atoms with Crippen molar-refractivity contribution in [1.82, 2.24) is 30.7 Å². The first-order valence-electron chi connectivity index (χ1n) is 30.4. The molecule has 1 aromatic heterocycles. The number of ketones is 1. The van der Waals surface area contributed by atoms with Gasteiger partial charge in [0.05, 0.1) is 16.5 Å². The molecule has 2 aromatic carbocycles. The molecule has 82 heavy (non-hydrogen) atoms. The van der Waals surface area contributed by atoms with Gasteiger partial charge in [0.2, 0.25) is 23.6 Å². The molecule has 5 amide bonds. The molecule has 17 nitrogen and oxygen atoms in total. The molecule has 2 aliphatic rings. The molecule has 1 aliphatic carbocycles. The number of unbranched alkanes of at least 4 members (excludes halogenated alkanes) is 6. The number of piperidine rings is 1. The highest BCUT2D eigenvalue weighted by atomic mass is 32.1. The van der Waals surface area contributed by atoms with Crippen molar-refractivity contribution in [2.45, 2.75) is 233 Å². The number of nitrogens with one attached hydrogen (secondary N) is 4. The van der Waals surface area contributed by atoms with Gasteiger partial charge < -0.3 is 46.3 Å². The number of amides is 5. The first-order chi connectivity index (χ1) is 38.9. The second-order valence-corrected chi connectivity index (χ2v) is 25.4. The number of aromatic nitrogens is 1. The Labute approximate surface area is 492 Å². The highest BCUT2D eigenvalue weighted by Gasteiger charge is 2.48. The van der Waals surface area contributed by atoms with Crippen LogP contribution < -0.4 is 21.3 Å². The number of Topliss-reactive ketones (excluding diaryl/α,β-unsaturated/α-hetero) is 1. The molecule has 8 atom stereocenters. The molecular formula is C64H97N7O10S. The summed E-state index contributed by atoms with van der Waals surface area (Å²) < 4.78 is 0. The quantitative estimate of drug-likeness (QED) is 0.0228. The summed E-state index contributed by atoms with van der Waals surface area (Å²) in [7, 11) is 1.97. The number of likely N-dealkylation sites (N-methyl/N-ethyl adjacent to an activating group) is 2. The van der Waals surface area contributed by atoms with Crippen LogP contribution in [0.2, 0.25) is 0 Å². The van der Waals surface area contributed by atoms with Crippen molar-refractivity contribution < 1.29 is 48.9 Å². The van der Waals surface area contributed by atoms with Gasteiger partial charge in [-0.1, -0.05) is 93.1 Å². The van der Waals surface area contributed by atoms with Crippen LogP contribution in [0.1, 0.15) is 222 Å². The van der Waals surface area contributed by atoms with Crippen molar-refractivity contribution in [2.24, 2.45) is 17.3 Å². The van der Waals surface area contributed by atoms with Gasteiger partial charge in [-0.2, -0.15) is 0 Å². The van der Waals surface area contributed by atoms with E-state index in [2.05, 4.69) is 74.6 Å². The zero-order valence-corrected chi connectivity index (χ0v) is 51.8. The van der Waals surface area contributed by atoms with E-state index in [4.69, 9.17) is 4.98 Å². The largest absolute Gasteiger partial charge is 0.508 e. The number of benzene rings is 2. The third-order valence-electron chi connectivity index (χ3n) is 18.0. The number of carbonyl (C=O) groups excluding carboxylic acids is 6. The number of likely N-dealkylation sites (tertiary alicyclic amines) is 1. The number of fused-ring (bicyclic) bond motifs is 1. The van der Waals surface area contributed by atoms with Crippen LogP contribution in [0.3, 0.4) is 0 Å². The molecular weight excluding hydrogens is 1060 g/mol. The molecule has 18 heteroatoms. The van der Waals surface area contributed by atoms with Crippen molar-refractivity contribution >= 4 is 58.3 Å². The minimum Gasteiger partial charge on any atom is -0.508 e. The Morgan fingerprint density at radius 2 is 1.63 bits per heavy atom. The average Bonchev–Trinajstić information content (AvgIpc) is 3.50. The number of nitrogens with zero attached hydrogens (tertiary/aromatic N) is 3. The zero-order valence-electron chi connectivity index (χ0n) is 51.0. The maximum atomic E-state index is 15.2. The van der Waals surface area contributed by atoms with Crippen molar-refractivity contribution in [3.05, 3.63) is 69.2 Å². The summed E-state index contributed by atoms with van der Waals surface area (Å²) in [6.45, 7) is 21.1.